The number of rotatable bonds is 7. The van der Waals surface area contributed by atoms with Crippen LogP contribution in [-0.4, -0.2) is 28.4 Å². The van der Waals surface area contributed by atoms with Crippen molar-refractivity contribution < 1.29 is 13.9 Å². The molecule has 6 aromatic rings. The summed E-state index contributed by atoms with van der Waals surface area (Å²) in [7, 11) is 0. The molecule has 1 N–H and O–H groups in total. The number of carbonyl (C=O) groups excluding carboxylic acids is 1. The van der Waals surface area contributed by atoms with Crippen molar-refractivity contribution in [1.82, 2.24) is 9.66 Å². The first kappa shape index (κ1) is 27.6. The maximum absolute atomic E-state index is 13.6. The number of nitrogens with zero attached hydrogens (tertiary/aromatic N) is 3. The van der Waals surface area contributed by atoms with Crippen molar-refractivity contribution in [2.75, 3.05) is 11.9 Å². The van der Waals surface area contributed by atoms with Crippen molar-refractivity contribution in [3.05, 3.63) is 121 Å². The van der Waals surface area contributed by atoms with Gasteiger partial charge in [0.15, 0.2) is 12.4 Å². The number of amides is 1. The topological polar surface area (TPSA) is 98.7 Å². The van der Waals surface area contributed by atoms with Crippen LogP contribution in [0.5, 0.6) is 5.75 Å². The average Bonchev–Trinajstić information content (AvgIpc) is 3.40. The van der Waals surface area contributed by atoms with Crippen LogP contribution < -0.4 is 15.6 Å². The first-order valence-electron chi connectivity index (χ1n) is 12.9. The quantitative estimate of drug-likeness (QED) is 0.175. The Balaban J connectivity index is 1.35. The number of carbonyl (C=O) groups is 1. The molecule has 0 saturated carbocycles. The monoisotopic (exact) mass is 684 g/mol. The number of benzene rings is 4. The van der Waals surface area contributed by atoms with Gasteiger partial charge < -0.3 is 14.5 Å². The lowest BCUT2D eigenvalue weighted by atomic mass is 10.2. The number of furan rings is 1. The maximum atomic E-state index is 13.6. The van der Waals surface area contributed by atoms with E-state index in [1.54, 1.807) is 36.4 Å². The van der Waals surface area contributed by atoms with Gasteiger partial charge in [-0.1, -0.05) is 61.7 Å². The summed E-state index contributed by atoms with van der Waals surface area (Å²) in [5.74, 6) is 0.746. The second kappa shape index (κ2) is 11.8. The lowest BCUT2D eigenvalue weighted by Crippen LogP contribution is -2.21. The predicted molar refractivity (Wildman–Crippen MR) is 171 cm³/mol. The Morgan fingerprint density at radius 3 is 2.60 bits per heavy atom. The Kier molecular flexibility index (Phi) is 7.73. The van der Waals surface area contributed by atoms with E-state index in [1.165, 1.54) is 10.9 Å². The van der Waals surface area contributed by atoms with Crippen molar-refractivity contribution >= 4 is 71.5 Å². The van der Waals surface area contributed by atoms with E-state index in [0.29, 0.717) is 39.2 Å². The fourth-order valence-electron chi connectivity index (χ4n) is 4.36. The van der Waals surface area contributed by atoms with Gasteiger partial charge in [0, 0.05) is 25.6 Å². The molecule has 0 aliphatic heterocycles. The predicted octanol–water partition coefficient (Wildman–Crippen LogP) is 7.54. The number of para-hydroxylation sites is 1. The van der Waals surface area contributed by atoms with Crippen molar-refractivity contribution in [3.8, 4) is 17.3 Å². The SMILES string of the molecule is Cc1ccc(NC(=O)COc2ccc(Br)cc2C=Nn2c(-c3cc4cc(Br)ccc4o3)nc3ccccc3c2=O)cc1. The van der Waals surface area contributed by atoms with E-state index in [2.05, 4.69) is 42.3 Å². The molecule has 2 aromatic heterocycles. The molecule has 1 amide bonds. The number of halogens is 2. The summed E-state index contributed by atoms with van der Waals surface area (Å²) in [6.07, 6.45) is 1.50. The van der Waals surface area contributed by atoms with Gasteiger partial charge in [-0.15, -0.1) is 0 Å². The zero-order valence-electron chi connectivity index (χ0n) is 22.2. The fraction of sp³-hybridized carbons (Fsp3) is 0.0625. The molecular formula is C32H22Br2N4O4. The Hall–Kier alpha value is -4.54. The summed E-state index contributed by atoms with van der Waals surface area (Å²) in [6.45, 7) is 1.76. The molecule has 0 aliphatic rings. The van der Waals surface area contributed by atoms with Crippen molar-refractivity contribution in [2.24, 2.45) is 5.10 Å². The van der Waals surface area contributed by atoms with E-state index < -0.39 is 0 Å². The van der Waals surface area contributed by atoms with Gasteiger partial charge in [-0.25, -0.2) is 4.98 Å². The number of ether oxygens (including phenoxy) is 1. The van der Waals surface area contributed by atoms with Crippen molar-refractivity contribution in [2.45, 2.75) is 6.92 Å². The third kappa shape index (κ3) is 5.90. The minimum absolute atomic E-state index is 0.215. The van der Waals surface area contributed by atoms with E-state index in [1.807, 2.05) is 61.5 Å². The molecule has 4 aromatic carbocycles. The van der Waals surface area contributed by atoms with E-state index >= 15 is 0 Å². The highest BCUT2D eigenvalue weighted by molar-refractivity contribution is 9.10. The van der Waals surface area contributed by atoms with Crippen LogP contribution in [0.2, 0.25) is 0 Å². The van der Waals surface area contributed by atoms with Crippen LogP contribution in [0.1, 0.15) is 11.1 Å². The summed E-state index contributed by atoms with van der Waals surface area (Å²) >= 11 is 6.96. The molecule has 0 fully saturated rings. The summed E-state index contributed by atoms with van der Waals surface area (Å²) < 4.78 is 14.8. The zero-order valence-corrected chi connectivity index (χ0v) is 25.3. The van der Waals surface area contributed by atoms with Crippen LogP contribution >= 0.6 is 31.9 Å². The molecule has 0 radical (unpaired) electrons. The van der Waals surface area contributed by atoms with E-state index in [0.717, 1.165) is 19.9 Å². The molecule has 0 aliphatic carbocycles. The first-order valence-corrected chi connectivity index (χ1v) is 14.5. The van der Waals surface area contributed by atoms with Gasteiger partial charge in [0.1, 0.15) is 11.3 Å². The molecule has 10 heteroatoms. The number of hydrogen-bond donors (Lipinski definition) is 1. The Morgan fingerprint density at radius 2 is 1.76 bits per heavy atom. The van der Waals surface area contributed by atoms with Gasteiger partial charge in [-0.2, -0.15) is 9.78 Å². The molecule has 0 bridgehead atoms. The minimum Gasteiger partial charge on any atom is -0.483 e. The van der Waals surface area contributed by atoms with Gasteiger partial charge in [-0.3, -0.25) is 9.59 Å². The number of nitrogens with one attached hydrogen (secondary N) is 1. The van der Waals surface area contributed by atoms with Crippen LogP contribution in [0.3, 0.4) is 0 Å². The lowest BCUT2D eigenvalue weighted by molar-refractivity contribution is -0.118. The van der Waals surface area contributed by atoms with Gasteiger partial charge in [0.25, 0.3) is 11.5 Å². The van der Waals surface area contributed by atoms with Gasteiger partial charge in [-0.05, 0) is 73.7 Å². The molecular weight excluding hydrogens is 664 g/mol. The Morgan fingerprint density at radius 1 is 1.00 bits per heavy atom. The highest BCUT2D eigenvalue weighted by Crippen LogP contribution is 2.29. The van der Waals surface area contributed by atoms with Crippen molar-refractivity contribution in [1.29, 1.82) is 0 Å². The molecule has 0 unspecified atom stereocenters. The standard InChI is InChI=1S/C32H22Br2N4O4/c1-19-6-10-24(11-7-19)36-30(39)18-41-27-12-8-23(34)15-21(27)17-35-38-31(37-26-5-3-2-4-25(26)32(38)40)29-16-20-14-22(33)9-13-28(20)42-29/h2-17H,18H2,1H3,(H,36,39). The third-order valence-electron chi connectivity index (χ3n) is 6.43. The molecule has 0 atom stereocenters. The first-order chi connectivity index (χ1) is 20.3. The summed E-state index contributed by atoms with van der Waals surface area (Å²) in [6, 6.07) is 27.4. The largest absolute Gasteiger partial charge is 0.483 e. The fourth-order valence-corrected chi connectivity index (χ4v) is 5.12. The number of hydrogen-bond acceptors (Lipinski definition) is 6. The van der Waals surface area contributed by atoms with Crippen LogP contribution in [0.4, 0.5) is 5.69 Å². The van der Waals surface area contributed by atoms with E-state index in [-0.39, 0.29) is 23.9 Å². The normalized spacial score (nSPS) is 11.4. The van der Waals surface area contributed by atoms with Crippen LogP contribution in [-0.2, 0) is 4.79 Å². The summed E-state index contributed by atoms with van der Waals surface area (Å²) in [5.41, 5.74) is 3.14. The molecule has 0 spiro atoms. The summed E-state index contributed by atoms with van der Waals surface area (Å²) in [4.78, 5) is 30.9. The second-order valence-corrected chi connectivity index (χ2v) is 11.3. The highest BCUT2D eigenvalue weighted by Gasteiger charge is 2.17. The Labute approximate surface area is 256 Å². The van der Waals surface area contributed by atoms with Gasteiger partial charge >= 0.3 is 0 Å². The minimum atomic E-state index is -0.358. The van der Waals surface area contributed by atoms with Crippen LogP contribution in [0.25, 0.3) is 33.5 Å². The molecule has 42 heavy (non-hydrogen) atoms. The number of aryl methyl sites for hydroxylation is 1. The number of anilines is 1. The van der Waals surface area contributed by atoms with Crippen LogP contribution in [0.15, 0.2) is 114 Å². The second-order valence-electron chi connectivity index (χ2n) is 9.49. The molecule has 6 rings (SSSR count). The molecule has 208 valence electrons. The van der Waals surface area contributed by atoms with Gasteiger partial charge in [0.2, 0.25) is 5.82 Å². The lowest BCUT2D eigenvalue weighted by Gasteiger charge is -2.11. The summed E-state index contributed by atoms with van der Waals surface area (Å²) in [5, 5.41) is 8.62. The number of aromatic nitrogens is 2. The van der Waals surface area contributed by atoms with Gasteiger partial charge in [0.05, 0.1) is 17.1 Å². The van der Waals surface area contributed by atoms with E-state index in [4.69, 9.17) is 14.1 Å². The Bertz CT molecular complexity index is 2050. The molecule has 8 nitrogen and oxygen atoms in total. The highest BCUT2D eigenvalue weighted by atomic mass is 79.9. The van der Waals surface area contributed by atoms with Crippen LogP contribution in [0, 0.1) is 6.92 Å². The molecule has 2 heterocycles. The van der Waals surface area contributed by atoms with E-state index in [9.17, 15) is 9.59 Å². The molecule has 0 saturated heterocycles. The van der Waals surface area contributed by atoms with Crippen molar-refractivity contribution in [3.63, 3.8) is 0 Å². The smallest absolute Gasteiger partial charge is 0.282 e. The zero-order chi connectivity index (χ0) is 29.2. The third-order valence-corrected chi connectivity index (χ3v) is 7.42. The number of fused-ring (bicyclic) bond motifs is 2. The average molecular weight is 686 g/mol. The maximum Gasteiger partial charge on any atom is 0.282 e.